The summed E-state index contributed by atoms with van der Waals surface area (Å²) in [5.74, 6) is 1.03. The number of nitrogens with zero attached hydrogens (tertiary/aromatic N) is 2. The van der Waals surface area contributed by atoms with Gasteiger partial charge in [0.05, 0.1) is 22.0 Å². The standard InChI is InChI=1S/C19H19ClN4O3/c1-11(23-12(2)25)9-27-17-5-3-4-15-18(17)19(22-10-21-15)24-13-6-7-16(26)14(20)8-13/h3-8,10-11,26H,9H2,1-2H3,(H,23,25)(H,21,22,24)/t11-/m0/s1. The number of halogens is 1. The highest BCUT2D eigenvalue weighted by Gasteiger charge is 2.12. The molecule has 3 rings (SSSR count). The Labute approximate surface area is 161 Å². The molecule has 2 aromatic carbocycles. The highest BCUT2D eigenvalue weighted by Crippen LogP contribution is 2.33. The minimum atomic E-state index is -0.144. The number of phenolic OH excluding ortho intramolecular Hbond substituents is 1. The van der Waals surface area contributed by atoms with Crippen molar-refractivity contribution in [2.45, 2.75) is 19.9 Å². The predicted molar refractivity (Wildman–Crippen MR) is 105 cm³/mol. The van der Waals surface area contributed by atoms with Crippen molar-refractivity contribution in [3.63, 3.8) is 0 Å². The first kappa shape index (κ1) is 18.7. The van der Waals surface area contributed by atoms with Gasteiger partial charge >= 0.3 is 0 Å². The first-order chi connectivity index (χ1) is 12.9. The number of hydrogen-bond donors (Lipinski definition) is 3. The Morgan fingerprint density at radius 1 is 1.30 bits per heavy atom. The zero-order chi connectivity index (χ0) is 19.4. The third-order valence-corrected chi connectivity index (χ3v) is 4.08. The number of aromatic nitrogens is 2. The lowest BCUT2D eigenvalue weighted by molar-refractivity contribution is -0.119. The lowest BCUT2D eigenvalue weighted by atomic mass is 10.2. The molecule has 1 atom stereocenters. The number of amides is 1. The van der Waals surface area contributed by atoms with Gasteiger partial charge in [0.15, 0.2) is 0 Å². The molecule has 27 heavy (non-hydrogen) atoms. The largest absolute Gasteiger partial charge is 0.506 e. The predicted octanol–water partition coefficient (Wildman–Crippen LogP) is 3.64. The van der Waals surface area contributed by atoms with Crippen LogP contribution in [0, 0.1) is 0 Å². The van der Waals surface area contributed by atoms with Crippen molar-refractivity contribution < 1.29 is 14.6 Å². The zero-order valence-corrected chi connectivity index (χ0v) is 15.6. The monoisotopic (exact) mass is 386 g/mol. The van der Waals surface area contributed by atoms with Gasteiger partial charge in [-0.2, -0.15) is 0 Å². The van der Waals surface area contributed by atoms with Gasteiger partial charge in [0.2, 0.25) is 5.91 Å². The zero-order valence-electron chi connectivity index (χ0n) is 14.9. The number of ether oxygens (including phenoxy) is 1. The maximum atomic E-state index is 11.2. The molecule has 140 valence electrons. The summed E-state index contributed by atoms with van der Waals surface area (Å²) in [5.41, 5.74) is 1.38. The molecule has 0 radical (unpaired) electrons. The van der Waals surface area contributed by atoms with Gasteiger partial charge < -0.3 is 20.5 Å². The van der Waals surface area contributed by atoms with Gasteiger partial charge in [0.25, 0.3) is 0 Å². The number of phenols is 1. The lowest BCUT2D eigenvalue weighted by Gasteiger charge is -2.16. The minimum Gasteiger partial charge on any atom is -0.506 e. The fourth-order valence-corrected chi connectivity index (χ4v) is 2.80. The Balaban J connectivity index is 1.91. The summed E-state index contributed by atoms with van der Waals surface area (Å²) in [4.78, 5) is 19.8. The van der Waals surface area contributed by atoms with Gasteiger partial charge in [-0.3, -0.25) is 4.79 Å². The molecule has 0 saturated heterocycles. The molecule has 0 aliphatic carbocycles. The SMILES string of the molecule is CC(=O)N[C@@H](C)COc1cccc2ncnc(Nc3ccc(O)c(Cl)c3)c12. The molecule has 0 aliphatic heterocycles. The summed E-state index contributed by atoms with van der Waals surface area (Å²) in [7, 11) is 0. The summed E-state index contributed by atoms with van der Waals surface area (Å²) in [6, 6.07) is 10.2. The van der Waals surface area contributed by atoms with E-state index in [-0.39, 0.29) is 22.7 Å². The van der Waals surface area contributed by atoms with Gasteiger partial charge in [0, 0.05) is 12.6 Å². The Morgan fingerprint density at radius 3 is 2.85 bits per heavy atom. The van der Waals surface area contributed by atoms with Crippen molar-refractivity contribution in [2.75, 3.05) is 11.9 Å². The van der Waals surface area contributed by atoms with Crippen LogP contribution in [0.15, 0.2) is 42.7 Å². The third-order valence-electron chi connectivity index (χ3n) is 3.77. The number of anilines is 2. The number of benzene rings is 2. The van der Waals surface area contributed by atoms with Gasteiger partial charge in [0.1, 0.15) is 30.3 Å². The van der Waals surface area contributed by atoms with E-state index in [2.05, 4.69) is 20.6 Å². The molecular weight excluding hydrogens is 368 g/mol. The molecule has 0 aliphatic rings. The van der Waals surface area contributed by atoms with Gasteiger partial charge in [-0.05, 0) is 37.3 Å². The number of rotatable bonds is 6. The van der Waals surface area contributed by atoms with Crippen molar-refractivity contribution in [3.8, 4) is 11.5 Å². The van der Waals surface area contributed by atoms with Crippen molar-refractivity contribution in [3.05, 3.63) is 47.7 Å². The normalized spacial score (nSPS) is 11.8. The fraction of sp³-hybridized carbons (Fsp3) is 0.211. The van der Waals surface area contributed by atoms with Gasteiger partial charge in [-0.25, -0.2) is 9.97 Å². The van der Waals surface area contributed by atoms with E-state index in [4.69, 9.17) is 16.3 Å². The van der Waals surface area contributed by atoms with E-state index in [1.54, 1.807) is 12.1 Å². The average Bonchev–Trinajstić information content (AvgIpc) is 2.62. The first-order valence-corrected chi connectivity index (χ1v) is 8.71. The van der Waals surface area contributed by atoms with E-state index in [9.17, 15) is 9.90 Å². The summed E-state index contributed by atoms with van der Waals surface area (Å²) in [5, 5.41) is 16.5. The van der Waals surface area contributed by atoms with Crippen molar-refractivity contribution in [1.29, 1.82) is 0 Å². The maximum absolute atomic E-state index is 11.2. The van der Waals surface area contributed by atoms with E-state index < -0.39 is 0 Å². The van der Waals surface area contributed by atoms with Crippen LogP contribution in [-0.4, -0.2) is 33.6 Å². The Hall–Kier alpha value is -3.06. The van der Waals surface area contributed by atoms with E-state index in [0.29, 0.717) is 34.8 Å². The number of hydrogen-bond acceptors (Lipinski definition) is 6. The van der Waals surface area contributed by atoms with Crippen molar-refractivity contribution in [1.82, 2.24) is 15.3 Å². The summed E-state index contributed by atoms with van der Waals surface area (Å²) >= 11 is 5.97. The lowest BCUT2D eigenvalue weighted by Crippen LogP contribution is -2.35. The van der Waals surface area contributed by atoms with E-state index in [1.807, 2.05) is 25.1 Å². The Morgan fingerprint density at radius 2 is 2.11 bits per heavy atom. The number of carbonyl (C=O) groups excluding carboxylic acids is 1. The van der Waals surface area contributed by atoms with Gasteiger partial charge in [-0.1, -0.05) is 17.7 Å². The molecule has 0 saturated carbocycles. The van der Waals surface area contributed by atoms with Crippen molar-refractivity contribution in [2.24, 2.45) is 0 Å². The number of fused-ring (bicyclic) bond motifs is 1. The van der Waals surface area contributed by atoms with Crippen LogP contribution in [0.2, 0.25) is 5.02 Å². The highest BCUT2D eigenvalue weighted by molar-refractivity contribution is 6.32. The molecule has 3 aromatic rings. The molecule has 8 heteroatoms. The molecule has 1 aromatic heterocycles. The Kier molecular flexibility index (Phi) is 5.61. The molecule has 0 fully saturated rings. The van der Waals surface area contributed by atoms with E-state index in [1.165, 1.54) is 19.3 Å². The molecule has 1 amide bonds. The quantitative estimate of drug-likeness (QED) is 0.560. The summed E-state index contributed by atoms with van der Waals surface area (Å²) in [6.45, 7) is 3.63. The smallest absolute Gasteiger partial charge is 0.217 e. The number of aromatic hydroxyl groups is 1. The maximum Gasteiger partial charge on any atom is 0.217 e. The van der Waals surface area contributed by atoms with E-state index in [0.717, 1.165) is 0 Å². The van der Waals surface area contributed by atoms with Crippen LogP contribution >= 0.6 is 11.6 Å². The van der Waals surface area contributed by atoms with E-state index >= 15 is 0 Å². The van der Waals surface area contributed by atoms with Crippen molar-refractivity contribution >= 4 is 39.9 Å². The van der Waals surface area contributed by atoms with Crippen LogP contribution < -0.4 is 15.4 Å². The summed E-state index contributed by atoms with van der Waals surface area (Å²) < 4.78 is 5.90. The molecular formula is C19H19ClN4O3. The van der Waals surface area contributed by atoms with Crippen LogP contribution in [0.1, 0.15) is 13.8 Å². The third kappa shape index (κ3) is 4.57. The highest BCUT2D eigenvalue weighted by atomic mass is 35.5. The molecule has 0 bridgehead atoms. The fourth-order valence-electron chi connectivity index (χ4n) is 2.62. The second kappa shape index (κ2) is 8.09. The molecule has 3 N–H and O–H groups in total. The second-order valence-electron chi connectivity index (χ2n) is 6.08. The topological polar surface area (TPSA) is 96.4 Å². The van der Waals surface area contributed by atoms with Crippen LogP contribution in [0.3, 0.4) is 0 Å². The number of nitrogens with one attached hydrogen (secondary N) is 2. The second-order valence-corrected chi connectivity index (χ2v) is 6.48. The van der Waals surface area contributed by atoms with Crippen LogP contribution in [-0.2, 0) is 4.79 Å². The first-order valence-electron chi connectivity index (χ1n) is 8.33. The molecule has 0 spiro atoms. The molecule has 1 heterocycles. The van der Waals surface area contributed by atoms with Crippen LogP contribution in [0.5, 0.6) is 11.5 Å². The van der Waals surface area contributed by atoms with Crippen LogP contribution in [0.4, 0.5) is 11.5 Å². The average molecular weight is 387 g/mol. The minimum absolute atomic E-state index is 0.00532. The summed E-state index contributed by atoms with van der Waals surface area (Å²) in [6.07, 6.45) is 1.45. The molecule has 0 unspecified atom stereocenters. The van der Waals surface area contributed by atoms with Gasteiger partial charge in [-0.15, -0.1) is 0 Å². The van der Waals surface area contributed by atoms with Crippen LogP contribution in [0.25, 0.3) is 10.9 Å². The number of carbonyl (C=O) groups is 1. The Bertz CT molecular complexity index is 975. The molecule has 7 nitrogen and oxygen atoms in total.